The lowest BCUT2D eigenvalue weighted by atomic mass is 10.0. The maximum atomic E-state index is 11.4. The predicted molar refractivity (Wildman–Crippen MR) is 95.0 cm³/mol. The summed E-state index contributed by atoms with van der Waals surface area (Å²) in [6.45, 7) is 3.78. The average Bonchev–Trinajstić information content (AvgIpc) is 2.55. The summed E-state index contributed by atoms with van der Waals surface area (Å²) >= 11 is 3.52. The van der Waals surface area contributed by atoms with E-state index in [1.165, 1.54) is 16.2 Å². The van der Waals surface area contributed by atoms with E-state index in [0.29, 0.717) is 19.6 Å². The minimum atomic E-state index is -0.852. The molecule has 1 unspecified atom stereocenters. The lowest BCUT2D eigenvalue weighted by molar-refractivity contribution is 0.135. The SMILES string of the molecule is Cc1ccccc1N1CCN(C(=O)O)CC1c1cccc(Br)c1. The second-order valence-corrected chi connectivity index (χ2v) is 6.69. The predicted octanol–water partition coefficient (Wildman–Crippen LogP) is 4.30. The van der Waals surface area contributed by atoms with Crippen molar-refractivity contribution in [2.24, 2.45) is 0 Å². The zero-order valence-electron chi connectivity index (χ0n) is 12.9. The average molecular weight is 375 g/mol. The van der Waals surface area contributed by atoms with E-state index in [1.54, 1.807) is 0 Å². The van der Waals surface area contributed by atoms with Gasteiger partial charge in [-0.05, 0) is 36.2 Å². The monoisotopic (exact) mass is 374 g/mol. The Hall–Kier alpha value is -2.01. The van der Waals surface area contributed by atoms with E-state index in [2.05, 4.69) is 52.0 Å². The number of amides is 1. The van der Waals surface area contributed by atoms with Crippen LogP contribution in [-0.2, 0) is 0 Å². The molecule has 23 heavy (non-hydrogen) atoms. The summed E-state index contributed by atoms with van der Waals surface area (Å²) in [6.07, 6.45) is -0.852. The van der Waals surface area contributed by atoms with Gasteiger partial charge in [-0.1, -0.05) is 46.3 Å². The number of rotatable bonds is 2. The van der Waals surface area contributed by atoms with Gasteiger partial charge in [-0.25, -0.2) is 4.79 Å². The van der Waals surface area contributed by atoms with E-state index in [9.17, 15) is 9.90 Å². The van der Waals surface area contributed by atoms with Crippen LogP contribution in [0, 0.1) is 6.92 Å². The summed E-state index contributed by atoms with van der Waals surface area (Å²) in [5.74, 6) is 0. The van der Waals surface area contributed by atoms with Crippen LogP contribution in [0.5, 0.6) is 0 Å². The van der Waals surface area contributed by atoms with Gasteiger partial charge >= 0.3 is 6.09 Å². The topological polar surface area (TPSA) is 43.8 Å². The summed E-state index contributed by atoms with van der Waals surface area (Å²) < 4.78 is 1.01. The highest BCUT2D eigenvalue weighted by atomic mass is 79.9. The van der Waals surface area contributed by atoms with E-state index in [4.69, 9.17) is 0 Å². The van der Waals surface area contributed by atoms with Gasteiger partial charge in [0, 0.05) is 29.8 Å². The largest absolute Gasteiger partial charge is 0.465 e. The van der Waals surface area contributed by atoms with Gasteiger partial charge in [0.25, 0.3) is 0 Å². The zero-order chi connectivity index (χ0) is 16.4. The van der Waals surface area contributed by atoms with Crippen LogP contribution < -0.4 is 4.90 Å². The van der Waals surface area contributed by atoms with E-state index >= 15 is 0 Å². The third-order valence-corrected chi connectivity index (χ3v) is 4.80. The van der Waals surface area contributed by atoms with Crippen LogP contribution in [0.25, 0.3) is 0 Å². The minimum Gasteiger partial charge on any atom is -0.465 e. The number of piperazine rings is 1. The van der Waals surface area contributed by atoms with Crippen molar-refractivity contribution in [3.05, 3.63) is 64.1 Å². The van der Waals surface area contributed by atoms with Crippen LogP contribution >= 0.6 is 15.9 Å². The molecule has 0 spiro atoms. The third-order valence-electron chi connectivity index (χ3n) is 4.31. The van der Waals surface area contributed by atoms with Crippen LogP contribution in [0.3, 0.4) is 0 Å². The molecule has 1 fully saturated rings. The molecule has 3 rings (SSSR count). The first-order valence-corrected chi connectivity index (χ1v) is 8.41. The number of hydrogen-bond acceptors (Lipinski definition) is 2. The van der Waals surface area contributed by atoms with Gasteiger partial charge in [0.1, 0.15) is 0 Å². The van der Waals surface area contributed by atoms with Gasteiger partial charge in [-0.3, -0.25) is 0 Å². The van der Waals surface area contributed by atoms with Gasteiger partial charge in [-0.15, -0.1) is 0 Å². The van der Waals surface area contributed by atoms with Crippen molar-refractivity contribution in [1.29, 1.82) is 0 Å². The molecule has 1 aliphatic rings. The summed E-state index contributed by atoms with van der Waals surface area (Å²) in [5, 5.41) is 9.37. The van der Waals surface area contributed by atoms with Gasteiger partial charge in [-0.2, -0.15) is 0 Å². The Morgan fingerprint density at radius 2 is 1.96 bits per heavy atom. The standard InChI is InChI=1S/C18H19BrN2O2/c1-13-5-2-3-8-16(13)21-10-9-20(18(22)23)12-17(21)14-6-4-7-15(19)11-14/h2-8,11,17H,9-10,12H2,1H3,(H,22,23). The van der Waals surface area contributed by atoms with Crippen LogP contribution in [-0.4, -0.2) is 35.7 Å². The molecule has 2 aromatic rings. The van der Waals surface area contributed by atoms with Crippen molar-refractivity contribution in [3.8, 4) is 0 Å². The molecule has 1 N–H and O–H groups in total. The molecule has 0 aliphatic carbocycles. The number of para-hydroxylation sites is 1. The number of halogens is 1. The molecule has 0 saturated carbocycles. The first-order valence-electron chi connectivity index (χ1n) is 7.62. The van der Waals surface area contributed by atoms with Crippen LogP contribution in [0.15, 0.2) is 53.0 Å². The normalized spacial score (nSPS) is 18.1. The Bertz CT molecular complexity index is 720. The van der Waals surface area contributed by atoms with Gasteiger partial charge in [0.15, 0.2) is 0 Å². The Kier molecular flexibility index (Phi) is 4.57. The van der Waals surface area contributed by atoms with Gasteiger partial charge in [0.2, 0.25) is 0 Å². The molecule has 0 radical (unpaired) electrons. The molecule has 1 heterocycles. The molecule has 0 aromatic heterocycles. The van der Waals surface area contributed by atoms with Crippen molar-refractivity contribution < 1.29 is 9.90 Å². The maximum Gasteiger partial charge on any atom is 0.407 e. The highest BCUT2D eigenvalue weighted by molar-refractivity contribution is 9.10. The van der Waals surface area contributed by atoms with E-state index in [-0.39, 0.29) is 6.04 Å². The third kappa shape index (κ3) is 3.34. The van der Waals surface area contributed by atoms with Crippen LogP contribution in [0.1, 0.15) is 17.2 Å². The Morgan fingerprint density at radius 1 is 1.17 bits per heavy atom. The summed E-state index contributed by atoms with van der Waals surface area (Å²) in [7, 11) is 0. The van der Waals surface area contributed by atoms with Crippen molar-refractivity contribution in [1.82, 2.24) is 4.90 Å². The van der Waals surface area contributed by atoms with Gasteiger partial charge in [0.05, 0.1) is 6.04 Å². The van der Waals surface area contributed by atoms with Crippen LogP contribution in [0.4, 0.5) is 10.5 Å². The fourth-order valence-corrected chi connectivity index (χ4v) is 3.55. The number of carboxylic acid groups (broad SMARTS) is 1. The molecule has 2 aromatic carbocycles. The number of hydrogen-bond donors (Lipinski definition) is 1. The number of anilines is 1. The smallest absolute Gasteiger partial charge is 0.407 e. The lowest BCUT2D eigenvalue weighted by Crippen LogP contribution is -2.50. The summed E-state index contributed by atoms with van der Waals surface area (Å²) in [4.78, 5) is 15.2. The summed E-state index contributed by atoms with van der Waals surface area (Å²) in [5.41, 5.74) is 3.49. The Labute approximate surface area is 144 Å². The van der Waals surface area contributed by atoms with E-state index < -0.39 is 6.09 Å². The van der Waals surface area contributed by atoms with Crippen molar-refractivity contribution in [3.63, 3.8) is 0 Å². The van der Waals surface area contributed by atoms with Crippen molar-refractivity contribution in [2.45, 2.75) is 13.0 Å². The molecule has 1 atom stereocenters. The second-order valence-electron chi connectivity index (χ2n) is 5.78. The molecular formula is C18H19BrN2O2. The Morgan fingerprint density at radius 3 is 2.65 bits per heavy atom. The molecular weight excluding hydrogens is 356 g/mol. The Balaban J connectivity index is 2.00. The number of aryl methyl sites for hydroxylation is 1. The highest BCUT2D eigenvalue weighted by Crippen LogP contribution is 2.33. The van der Waals surface area contributed by atoms with E-state index in [0.717, 1.165) is 10.0 Å². The fraction of sp³-hybridized carbons (Fsp3) is 0.278. The lowest BCUT2D eigenvalue weighted by Gasteiger charge is -2.42. The van der Waals surface area contributed by atoms with Crippen molar-refractivity contribution in [2.75, 3.05) is 24.5 Å². The number of benzene rings is 2. The highest BCUT2D eigenvalue weighted by Gasteiger charge is 2.31. The molecule has 5 heteroatoms. The molecule has 4 nitrogen and oxygen atoms in total. The fourth-order valence-electron chi connectivity index (χ4n) is 3.13. The molecule has 1 saturated heterocycles. The zero-order valence-corrected chi connectivity index (χ0v) is 14.5. The molecule has 1 aliphatic heterocycles. The molecule has 120 valence electrons. The maximum absolute atomic E-state index is 11.4. The van der Waals surface area contributed by atoms with E-state index in [1.807, 2.05) is 24.3 Å². The first kappa shape index (κ1) is 15.9. The number of carbonyl (C=O) groups is 1. The number of nitrogens with zero attached hydrogens (tertiary/aromatic N) is 2. The first-order chi connectivity index (χ1) is 11.1. The molecule has 1 amide bonds. The molecule has 0 bridgehead atoms. The van der Waals surface area contributed by atoms with Gasteiger partial charge < -0.3 is 14.9 Å². The van der Waals surface area contributed by atoms with Crippen LogP contribution in [0.2, 0.25) is 0 Å². The second kappa shape index (κ2) is 6.62. The quantitative estimate of drug-likeness (QED) is 0.851. The summed E-state index contributed by atoms with van der Waals surface area (Å²) in [6, 6.07) is 16.4. The van der Waals surface area contributed by atoms with Crippen molar-refractivity contribution >= 4 is 27.7 Å². The minimum absolute atomic E-state index is 0.0125.